The minimum absolute atomic E-state index is 0.000679. The standard InChI is InChI=1S/C10H11F4NO/c11-9(12)6-15-5-7-3-1-2-4-8(7)16-10(13)14/h1-4,9-10,15H,5-6H2. The van der Waals surface area contributed by atoms with Gasteiger partial charge in [-0.2, -0.15) is 8.78 Å². The maximum atomic E-state index is 12.0. The third kappa shape index (κ3) is 4.48. The van der Waals surface area contributed by atoms with Crippen LogP contribution in [0, 0.1) is 0 Å². The van der Waals surface area contributed by atoms with Crippen molar-refractivity contribution in [1.29, 1.82) is 0 Å². The Morgan fingerprint density at radius 1 is 1.12 bits per heavy atom. The molecule has 0 saturated heterocycles. The van der Waals surface area contributed by atoms with E-state index in [0.717, 1.165) is 0 Å². The van der Waals surface area contributed by atoms with E-state index in [1.165, 1.54) is 18.2 Å². The summed E-state index contributed by atoms with van der Waals surface area (Å²) in [6.07, 6.45) is -2.47. The molecule has 1 aromatic rings. The van der Waals surface area contributed by atoms with Crippen molar-refractivity contribution in [1.82, 2.24) is 5.32 Å². The van der Waals surface area contributed by atoms with Crippen LogP contribution in [0.25, 0.3) is 0 Å². The predicted molar refractivity (Wildman–Crippen MR) is 50.8 cm³/mol. The summed E-state index contributed by atoms with van der Waals surface area (Å²) in [5.41, 5.74) is 0.420. The molecule has 0 aliphatic heterocycles. The zero-order valence-corrected chi connectivity index (χ0v) is 8.30. The summed E-state index contributed by atoms with van der Waals surface area (Å²) in [5, 5.41) is 2.44. The first-order valence-electron chi connectivity index (χ1n) is 4.61. The summed E-state index contributed by atoms with van der Waals surface area (Å²) in [4.78, 5) is 0. The highest BCUT2D eigenvalue weighted by molar-refractivity contribution is 5.33. The highest BCUT2D eigenvalue weighted by atomic mass is 19.3. The molecule has 0 amide bonds. The lowest BCUT2D eigenvalue weighted by Gasteiger charge is -2.10. The summed E-state index contributed by atoms with van der Waals surface area (Å²) in [5.74, 6) is -0.000679. The summed E-state index contributed by atoms with van der Waals surface area (Å²) < 4.78 is 51.9. The van der Waals surface area contributed by atoms with Gasteiger partial charge in [0.15, 0.2) is 0 Å². The molecule has 0 aliphatic carbocycles. The van der Waals surface area contributed by atoms with E-state index in [1.54, 1.807) is 6.07 Å². The zero-order chi connectivity index (χ0) is 12.0. The molecule has 1 aromatic carbocycles. The van der Waals surface area contributed by atoms with Crippen LogP contribution in [0.15, 0.2) is 24.3 Å². The molecule has 0 heterocycles. The SMILES string of the molecule is FC(F)CNCc1ccccc1OC(F)F. The van der Waals surface area contributed by atoms with Crippen molar-refractivity contribution in [3.8, 4) is 5.75 Å². The van der Waals surface area contributed by atoms with Crippen LogP contribution in [0.2, 0.25) is 0 Å². The number of para-hydroxylation sites is 1. The average Bonchev–Trinajstić information content (AvgIpc) is 2.19. The molecule has 0 spiro atoms. The second kappa shape index (κ2) is 6.32. The molecular weight excluding hydrogens is 226 g/mol. The molecule has 0 atom stereocenters. The van der Waals surface area contributed by atoms with Crippen LogP contribution < -0.4 is 10.1 Å². The van der Waals surface area contributed by atoms with E-state index in [1.807, 2.05) is 0 Å². The van der Waals surface area contributed by atoms with Crippen molar-refractivity contribution in [2.45, 2.75) is 19.6 Å². The Morgan fingerprint density at radius 3 is 2.44 bits per heavy atom. The molecule has 90 valence electrons. The Morgan fingerprint density at radius 2 is 1.81 bits per heavy atom. The van der Waals surface area contributed by atoms with Gasteiger partial charge in [0.1, 0.15) is 5.75 Å². The van der Waals surface area contributed by atoms with Gasteiger partial charge in [0, 0.05) is 12.1 Å². The number of nitrogens with one attached hydrogen (secondary N) is 1. The van der Waals surface area contributed by atoms with Crippen molar-refractivity contribution in [2.75, 3.05) is 6.54 Å². The van der Waals surface area contributed by atoms with Crippen molar-refractivity contribution in [3.05, 3.63) is 29.8 Å². The van der Waals surface area contributed by atoms with Crippen LogP contribution in [0.3, 0.4) is 0 Å². The zero-order valence-electron chi connectivity index (χ0n) is 8.30. The van der Waals surface area contributed by atoms with Crippen LogP contribution >= 0.6 is 0 Å². The Balaban J connectivity index is 2.56. The van der Waals surface area contributed by atoms with Gasteiger partial charge >= 0.3 is 6.61 Å². The molecular formula is C10H11F4NO. The Labute approximate surface area is 90.2 Å². The van der Waals surface area contributed by atoms with E-state index in [-0.39, 0.29) is 12.3 Å². The summed E-state index contributed by atoms with van der Waals surface area (Å²) in [6.45, 7) is -3.34. The molecule has 2 nitrogen and oxygen atoms in total. The van der Waals surface area contributed by atoms with Crippen LogP contribution in [0.5, 0.6) is 5.75 Å². The van der Waals surface area contributed by atoms with Gasteiger partial charge in [0.05, 0.1) is 6.54 Å². The molecule has 0 unspecified atom stereocenters. The number of hydrogen-bond donors (Lipinski definition) is 1. The van der Waals surface area contributed by atoms with E-state index in [2.05, 4.69) is 10.1 Å². The normalized spacial score (nSPS) is 11.1. The average molecular weight is 237 g/mol. The smallest absolute Gasteiger partial charge is 0.387 e. The molecule has 0 aliphatic rings. The van der Waals surface area contributed by atoms with Gasteiger partial charge in [-0.3, -0.25) is 0 Å². The Bertz CT molecular complexity index is 319. The second-order valence-electron chi connectivity index (χ2n) is 3.01. The fourth-order valence-corrected chi connectivity index (χ4v) is 1.18. The molecule has 1 rings (SSSR count). The summed E-state index contributed by atoms with van der Waals surface area (Å²) in [7, 11) is 0. The maximum absolute atomic E-state index is 12.0. The number of halogens is 4. The highest BCUT2D eigenvalue weighted by Gasteiger charge is 2.09. The first kappa shape index (κ1) is 12.8. The van der Waals surface area contributed by atoms with E-state index >= 15 is 0 Å². The van der Waals surface area contributed by atoms with Crippen LogP contribution in [0.1, 0.15) is 5.56 Å². The number of alkyl halides is 4. The predicted octanol–water partition coefficient (Wildman–Crippen LogP) is 2.64. The van der Waals surface area contributed by atoms with Gasteiger partial charge in [-0.25, -0.2) is 8.78 Å². The van der Waals surface area contributed by atoms with E-state index in [4.69, 9.17) is 0 Å². The minimum Gasteiger partial charge on any atom is -0.434 e. The first-order valence-corrected chi connectivity index (χ1v) is 4.61. The number of rotatable bonds is 6. The Hall–Kier alpha value is -1.30. The van der Waals surface area contributed by atoms with Crippen molar-refractivity contribution < 1.29 is 22.3 Å². The van der Waals surface area contributed by atoms with Gasteiger partial charge in [0.2, 0.25) is 0 Å². The fraction of sp³-hybridized carbons (Fsp3) is 0.400. The lowest BCUT2D eigenvalue weighted by atomic mass is 10.2. The monoisotopic (exact) mass is 237 g/mol. The van der Waals surface area contributed by atoms with Gasteiger partial charge in [-0.1, -0.05) is 18.2 Å². The number of hydrogen-bond acceptors (Lipinski definition) is 2. The van der Waals surface area contributed by atoms with E-state index in [9.17, 15) is 17.6 Å². The number of benzene rings is 1. The highest BCUT2D eigenvalue weighted by Crippen LogP contribution is 2.19. The lowest BCUT2D eigenvalue weighted by molar-refractivity contribution is -0.0505. The van der Waals surface area contributed by atoms with Crippen molar-refractivity contribution in [3.63, 3.8) is 0 Å². The van der Waals surface area contributed by atoms with Crippen molar-refractivity contribution in [2.24, 2.45) is 0 Å². The van der Waals surface area contributed by atoms with E-state index < -0.39 is 19.6 Å². The van der Waals surface area contributed by atoms with Crippen LogP contribution in [-0.4, -0.2) is 19.6 Å². The van der Waals surface area contributed by atoms with Gasteiger partial charge < -0.3 is 10.1 Å². The molecule has 6 heteroatoms. The second-order valence-corrected chi connectivity index (χ2v) is 3.01. The summed E-state index contributed by atoms with van der Waals surface area (Å²) in [6, 6.07) is 6.06. The van der Waals surface area contributed by atoms with Crippen LogP contribution in [-0.2, 0) is 6.54 Å². The van der Waals surface area contributed by atoms with Gasteiger partial charge in [0.25, 0.3) is 6.43 Å². The summed E-state index contributed by atoms with van der Waals surface area (Å²) >= 11 is 0. The van der Waals surface area contributed by atoms with Gasteiger partial charge in [-0.05, 0) is 6.07 Å². The lowest BCUT2D eigenvalue weighted by Crippen LogP contribution is -2.21. The largest absolute Gasteiger partial charge is 0.434 e. The Kier molecular flexibility index (Phi) is 5.04. The third-order valence-electron chi connectivity index (χ3n) is 1.80. The molecule has 1 N–H and O–H groups in total. The van der Waals surface area contributed by atoms with Crippen LogP contribution in [0.4, 0.5) is 17.6 Å². The van der Waals surface area contributed by atoms with Gasteiger partial charge in [-0.15, -0.1) is 0 Å². The molecule has 0 bridgehead atoms. The van der Waals surface area contributed by atoms with Crippen molar-refractivity contribution >= 4 is 0 Å². The third-order valence-corrected chi connectivity index (χ3v) is 1.80. The molecule has 0 saturated carbocycles. The topological polar surface area (TPSA) is 21.3 Å². The number of ether oxygens (including phenoxy) is 1. The molecule has 0 radical (unpaired) electrons. The molecule has 0 aromatic heterocycles. The minimum atomic E-state index is -2.92. The fourth-order valence-electron chi connectivity index (χ4n) is 1.18. The van der Waals surface area contributed by atoms with E-state index in [0.29, 0.717) is 5.56 Å². The molecule has 16 heavy (non-hydrogen) atoms. The molecule has 0 fully saturated rings. The first-order chi connectivity index (χ1) is 7.59. The maximum Gasteiger partial charge on any atom is 0.387 e. The quantitative estimate of drug-likeness (QED) is 0.768.